The highest BCUT2D eigenvalue weighted by atomic mass is 35.5. The largest absolute Gasteiger partial charge is 0.444 e. The second-order valence-corrected chi connectivity index (χ2v) is 10.4. The highest BCUT2D eigenvalue weighted by Gasteiger charge is 2.41. The van der Waals surface area contributed by atoms with Crippen LogP contribution in [0.25, 0.3) is 0 Å². The third-order valence-electron chi connectivity index (χ3n) is 4.60. The van der Waals surface area contributed by atoms with Gasteiger partial charge in [-0.15, -0.1) is 0 Å². The van der Waals surface area contributed by atoms with Crippen molar-refractivity contribution >= 4 is 63.5 Å². The zero-order valence-corrected chi connectivity index (χ0v) is 19.5. The second kappa shape index (κ2) is 9.11. The summed E-state index contributed by atoms with van der Waals surface area (Å²) < 4.78 is 5.96. The van der Waals surface area contributed by atoms with Crippen LogP contribution in [0, 0.1) is 0 Å². The zero-order chi connectivity index (χ0) is 22.1. The number of hydrogen-bond acceptors (Lipinski definition) is 6. The van der Waals surface area contributed by atoms with E-state index in [0.717, 1.165) is 0 Å². The lowest BCUT2D eigenvalue weighted by Gasteiger charge is -2.36. The van der Waals surface area contributed by atoms with Gasteiger partial charge in [-0.05, 0) is 39.0 Å². The predicted octanol–water partition coefficient (Wildman–Crippen LogP) is 3.54. The first-order valence-electron chi connectivity index (χ1n) is 9.61. The molecule has 2 heterocycles. The highest BCUT2D eigenvalue weighted by molar-refractivity contribution is 8.23. The SMILES string of the molecule is CC(C)(C)OC(=O)N1CCN(C(=S)S[C@H]2CC(=O)N(c3cccc(Cl)c3)C2=O)CC1. The van der Waals surface area contributed by atoms with Crippen LogP contribution in [-0.2, 0) is 14.3 Å². The molecule has 10 heteroatoms. The Morgan fingerprint density at radius 2 is 1.80 bits per heavy atom. The third kappa shape index (κ3) is 5.44. The van der Waals surface area contributed by atoms with E-state index < -0.39 is 10.9 Å². The molecule has 30 heavy (non-hydrogen) atoms. The fourth-order valence-corrected chi connectivity index (χ4v) is 4.90. The third-order valence-corrected chi connectivity index (χ3v) is 6.50. The molecule has 1 aromatic carbocycles. The molecule has 3 rings (SSSR count). The number of carbonyl (C=O) groups is 3. The Balaban J connectivity index is 1.55. The molecule has 7 nitrogen and oxygen atoms in total. The molecule has 3 amide bonds. The highest BCUT2D eigenvalue weighted by Crippen LogP contribution is 2.32. The minimum atomic E-state index is -0.562. The maximum atomic E-state index is 12.8. The van der Waals surface area contributed by atoms with Gasteiger partial charge in [-0.1, -0.05) is 41.6 Å². The van der Waals surface area contributed by atoms with Crippen molar-refractivity contribution in [1.29, 1.82) is 0 Å². The molecule has 0 unspecified atom stereocenters. The fraction of sp³-hybridized carbons (Fsp3) is 0.500. The number of piperazine rings is 1. The molecule has 0 radical (unpaired) electrons. The molecule has 1 atom stereocenters. The van der Waals surface area contributed by atoms with Gasteiger partial charge in [-0.2, -0.15) is 0 Å². The molecule has 1 aromatic rings. The number of halogens is 1. The average molecular weight is 470 g/mol. The molecular weight excluding hydrogens is 446 g/mol. The van der Waals surface area contributed by atoms with Crippen molar-refractivity contribution in [2.45, 2.75) is 38.0 Å². The molecule has 0 N–H and O–H groups in total. The van der Waals surface area contributed by atoms with Crippen LogP contribution in [0.4, 0.5) is 10.5 Å². The number of carbonyl (C=O) groups excluding carboxylic acids is 3. The Bertz CT molecular complexity index is 866. The Hall–Kier alpha value is -1.84. The summed E-state index contributed by atoms with van der Waals surface area (Å²) in [5.41, 5.74) is -0.0682. The first-order valence-corrected chi connectivity index (χ1v) is 11.3. The number of benzene rings is 1. The van der Waals surface area contributed by atoms with Crippen LogP contribution in [-0.4, -0.2) is 69.1 Å². The minimum Gasteiger partial charge on any atom is -0.444 e. The van der Waals surface area contributed by atoms with E-state index in [4.69, 9.17) is 28.6 Å². The first kappa shape index (κ1) is 22.8. The van der Waals surface area contributed by atoms with Gasteiger partial charge < -0.3 is 14.5 Å². The number of thiocarbonyl (C=S) groups is 1. The van der Waals surface area contributed by atoms with Crippen LogP contribution in [0.15, 0.2) is 24.3 Å². The van der Waals surface area contributed by atoms with Crippen molar-refractivity contribution in [2.24, 2.45) is 0 Å². The van der Waals surface area contributed by atoms with E-state index in [2.05, 4.69) is 0 Å². The van der Waals surface area contributed by atoms with Crippen molar-refractivity contribution in [3.8, 4) is 0 Å². The Kier molecular flexibility index (Phi) is 6.94. The van der Waals surface area contributed by atoms with Crippen LogP contribution >= 0.6 is 35.6 Å². The lowest BCUT2D eigenvalue weighted by molar-refractivity contribution is -0.121. The van der Waals surface area contributed by atoms with Gasteiger partial charge in [0, 0.05) is 37.6 Å². The zero-order valence-electron chi connectivity index (χ0n) is 17.1. The van der Waals surface area contributed by atoms with E-state index in [9.17, 15) is 14.4 Å². The van der Waals surface area contributed by atoms with Gasteiger partial charge >= 0.3 is 6.09 Å². The fourth-order valence-electron chi connectivity index (χ4n) is 3.18. The van der Waals surface area contributed by atoms with E-state index in [1.807, 2.05) is 25.7 Å². The summed E-state index contributed by atoms with van der Waals surface area (Å²) in [4.78, 5) is 42.2. The van der Waals surface area contributed by atoms with Crippen LogP contribution in [0.5, 0.6) is 0 Å². The van der Waals surface area contributed by atoms with Crippen LogP contribution in [0.2, 0.25) is 5.02 Å². The lowest BCUT2D eigenvalue weighted by atomic mass is 10.2. The minimum absolute atomic E-state index is 0.0913. The molecule has 2 aliphatic heterocycles. The summed E-state index contributed by atoms with van der Waals surface area (Å²) in [5, 5.41) is -0.101. The number of thioether (sulfide) groups is 1. The maximum absolute atomic E-state index is 12.8. The summed E-state index contributed by atoms with van der Waals surface area (Å²) in [7, 11) is 0. The summed E-state index contributed by atoms with van der Waals surface area (Å²) >= 11 is 12.7. The molecule has 0 spiro atoms. The van der Waals surface area contributed by atoms with Gasteiger partial charge in [0.05, 0.1) is 5.69 Å². The van der Waals surface area contributed by atoms with Crippen molar-refractivity contribution < 1.29 is 19.1 Å². The summed E-state index contributed by atoms with van der Waals surface area (Å²) in [6.07, 6.45) is -0.247. The number of ether oxygens (including phenoxy) is 1. The van der Waals surface area contributed by atoms with Crippen molar-refractivity contribution in [3.05, 3.63) is 29.3 Å². The molecular formula is C20H24ClN3O4S2. The molecule has 0 aromatic heterocycles. The van der Waals surface area contributed by atoms with Gasteiger partial charge in [0.15, 0.2) is 0 Å². The summed E-state index contributed by atoms with van der Waals surface area (Å²) in [5.74, 6) is -0.556. The van der Waals surface area contributed by atoms with E-state index in [1.54, 1.807) is 29.2 Å². The van der Waals surface area contributed by atoms with Gasteiger partial charge in [0.2, 0.25) is 11.8 Å². The normalized spacial score (nSPS) is 20.0. The monoisotopic (exact) mass is 469 g/mol. The van der Waals surface area contributed by atoms with E-state index >= 15 is 0 Å². The summed E-state index contributed by atoms with van der Waals surface area (Å²) in [6.45, 7) is 7.58. The smallest absolute Gasteiger partial charge is 0.410 e. The molecule has 2 aliphatic rings. The van der Waals surface area contributed by atoms with Gasteiger partial charge in [0.25, 0.3) is 0 Å². The van der Waals surface area contributed by atoms with Crippen LogP contribution in [0.1, 0.15) is 27.2 Å². The quantitative estimate of drug-likeness (QED) is 0.484. The molecule has 0 aliphatic carbocycles. The number of anilines is 1. The molecule has 2 saturated heterocycles. The van der Waals surface area contributed by atoms with Crippen LogP contribution < -0.4 is 4.90 Å². The van der Waals surface area contributed by atoms with E-state index in [1.165, 1.54) is 16.7 Å². The Labute approximate surface area is 190 Å². The second-order valence-electron chi connectivity index (χ2n) is 8.08. The number of amides is 3. The van der Waals surface area contributed by atoms with Crippen LogP contribution in [0.3, 0.4) is 0 Å². The van der Waals surface area contributed by atoms with Gasteiger partial charge in [0.1, 0.15) is 15.2 Å². The molecule has 0 bridgehead atoms. The average Bonchev–Trinajstić information content (AvgIpc) is 2.93. The van der Waals surface area contributed by atoms with Gasteiger partial charge in [-0.25, -0.2) is 9.69 Å². The van der Waals surface area contributed by atoms with E-state index in [0.29, 0.717) is 41.2 Å². The topological polar surface area (TPSA) is 70.2 Å². The number of imide groups is 1. The molecule has 162 valence electrons. The number of nitrogens with zero attached hydrogens (tertiary/aromatic N) is 3. The number of hydrogen-bond donors (Lipinski definition) is 0. The van der Waals surface area contributed by atoms with Gasteiger partial charge in [-0.3, -0.25) is 9.59 Å². The molecule has 0 saturated carbocycles. The lowest BCUT2D eigenvalue weighted by Crippen LogP contribution is -2.51. The van der Waals surface area contributed by atoms with Crippen molar-refractivity contribution in [2.75, 3.05) is 31.1 Å². The number of rotatable bonds is 2. The Morgan fingerprint density at radius 3 is 2.40 bits per heavy atom. The van der Waals surface area contributed by atoms with Crippen molar-refractivity contribution in [1.82, 2.24) is 9.80 Å². The van der Waals surface area contributed by atoms with E-state index in [-0.39, 0.29) is 24.3 Å². The predicted molar refractivity (Wildman–Crippen MR) is 122 cm³/mol. The standard InChI is InChI=1S/C20H24ClN3O4S2/c1-20(2,3)28-18(27)22-7-9-23(10-8-22)19(29)30-15-12-16(25)24(17(15)26)14-6-4-5-13(21)11-14/h4-6,11,15H,7-10,12H2,1-3H3/t15-/m0/s1. The first-order chi connectivity index (χ1) is 14.0. The van der Waals surface area contributed by atoms with Crippen molar-refractivity contribution in [3.63, 3.8) is 0 Å². The Morgan fingerprint density at radius 1 is 1.17 bits per heavy atom. The molecule has 2 fully saturated rings. The summed E-state index contributed by atoms with van der Waals surface area (Å²) in [6, 6.07) is 6.67. The maximum Gasteiger partial charge on any atom is 0.410 e.